The number of benzene rings is 1. The Balaban J connectivity index is 2.27. The molecule has 0 amide bonds. The van der Waals surface area contributed by atoms with Crippen LogP contribution in [-0.4, -0.2) is 39.0 Å². The maximum Gasteiger partial charge on any atom is 0.432 e. The van der Waals surface area contributed by atoms with Crippen molar-refractivity contribution in [2.24, 2.45) is 0 Å². The molecule has 1 saturated carbocycles. The van der Waals surface area contributed by atoms with Crippen molar-refractivity contribution in [2.45, 2.75) is 37.3 Å². The van der Waals surface area contributed by atoms with E-state index in [2.05, 4.69) is 4.74 Å². The number of sulfone groups is 1. The van der Waals surface area contributed by atoms with Gasteiger partial charge in [0.25, 0.3) is 5.60 Å². The molecule has 0 saturated heterocycles. The van der Waals surface area contributed by atoms with Crippen molar-refractivity contribution in [1.29, 1.82) is 0 Å². The van der Waals surface area contributed by atoms with Crippen molar-refractivity contribution in [2.75, 3.05) is 13.7 Å². The SMILES string of the molecule is CO[C@](C(=O)OC[C]1[CH][CH][CH][C]1S(=O)(=O)C(C)(C)C)(c1ccccc1)C(F)(F)F. The fourth-order valence-corrected chi connectivity index (χ4v) is 4.17. The minimum atomic E-state index is -5.10. The van der Waals surface area contributed by atoms with E-state index in [9.17, 15) is 26.4 Å². The van der Waals surface area contributed by atoms with Gasteiger partial charge in [0.1, 0.15) is 5.25 Å². The Hall–Kier alpha value is -1.61. The largest absolute Gasteiger partial charge is 0.462 e. The van der Waals surface area contributed by atoms with Crippen molar-refractivity contribution in [3.63, 3.8) is 0 Å². The number of ether oxygens (including phenoxy) is 2. The molecule has 0 heterocycles. The molecule has 0 aromatic heterocycles. The summed E-state index contributed by atoms with van der Waals surface area (Å²) in [4.78, 5) is 12.6. The van der Waals surface area contributed by atoms with Gasteiger partial charge in [-0.15, -0.1) is 0 Å². The lowest BCUT2D eigenvalue weighted by Gasteiger charge is -2.33. The van der Waals surface area contributed by atoms with Crippen LogP contribution in [0.1, 0.15) is 26.3 Å². The lowest BCUT2D eigenvalue weighted by molar-refractivity contribution is -0.276. The van der Waals surface area contributed by atoms with Crippen molar-refractivity contribution < 1.29 is 35.9 Å². The standard InChI is InChI=1S/C20H22F3O5S/c1-18(2,3)29(25,26)16-12-8-9-14(16)13-28-17(24)19(27-4,20(21,22)23)15-10-6-5-7-11-15/h5-12H,13H2,1-4H3/t19-/m0/s1. The van der Waals surface area contributed by atoms with Gasteiger partial charge in [-0.25, -0.2) is 13.2 Å². The Morgan fingerprint density at radius 2 is 1.62 bits per heavy atom. The van der Waals surface area contributed by atoms with Gasteiger partial charge < -0.3 is 9.47 Å². The fourth-order valence-electron chi connectivity index (χ4n) is 2.78. The molecule has 1 atom stereocenters. The van der Waals surface area contributed by atoms with Gasteiger partial charge in [-0.05, 0) is 40.0 Å². The first kappa shape index (κ1) is 23.7. The van der Waals surface area contributed by atoms with E-state index in [1.54, 1.807) is 0 Å². The third-order valence-corrected chi connectivity index (χ3v) is 7.08. The van der Waals surface area contributed by atoms with Crippen LogP contribution < -0.4 is 0 Å². The predicted octanol–water partition coefficient (Wildman–Crippen LogP) is 3.58. The Bertz CT molecular complexity index is 815. The first-order valence-corrected chi connectivity index (χ1v) is 10.1. The molecule has 5 radical (unpaired) electrons. The highest BCUT2D eigenvalue weighted by molar-refractivity contribution is 7.95. The molecular weight excluding hydrogens is 409 g/mol. The zero-order valence-electron chi connectivity index (χ0n) is 16.4. The van der Waals surface area contributed by atoms with E-state index in [1.807, 2.05) is 0 Å². The summed E-state index contributed by atoms with van der Waals surface area (Å²) in [6.07, 6.45) is -0.955. The number of hydrogen-bond donors (Lipinski definition) is 0. The quantitative estimate of drug-likeness (QED) is 0.644. The van der Waals surface area contributed by atoms with Gasteiger partial charge >= 0.3 is 12.1 Å². The highest BCUT2D eigenvalue weighted by atomic mass is 32.2. The first-order chi connectivity index (χ1) is 13.3. The second-order valence-electron chi connectivity index (χ2n) is 7.36. The summed E-state index contributed by atoms with van der Waals surface area (Å²) in [5.41, 5.74) is -3.77. The number of alkyl halides is 3. The fraction of sp³-hybridized carbons (Fsp3) is 0.400. The van der Waals surface area contributed by atoms with Gasteiger partial charge in [-0.2, -0.15) is 13.2 Å². The highest BCUT2D eigenvalue weighted by Gasteiger charge is 2.64. The van der Waals surface area contributed by atoms with Crippen molar-refractivity contribution >= 4 is 15.8 Å². The van der Waals surface area contributed by atoms with Crippen LogP contribution in [0.3, 0.4) is 0 Å². The molecule has 5 nitrogen and oxygen atoms in total. The van der Waals surface area contributed by atoms with E-state index >= 15 is 0 Å². The molecule has 0 unspecified atom stereocenters. The molecule has 1 aliphatic carbocycles. The maximum absolute atomic E-state index is 13.9. The topological polar surface area (TPSA) is 69.7 Å². The summed E-state index contributed by atoms with van der Waals surface area (Å²) in [6, 6.07) is 6.40. The van der Waals surface area contributed by atoms with Crippen molar-refractivity contribution in [3.8, 4) is 0 Å². The van der Waals surface area contributed by atoms with E-state index in [0.717, 1.165) is 19.2 Å². The van der Waals surface area contributed by atoms with Crippen LogP contribution in [0.25, 0.3) is 0 Å². The molecule has 1 fully saturated rings. The summed E-state index contributed by atoms with van der Waals surface area (Å²) in [7, 11) is -3.01. The van der Waals surface area contributed by atoms with E-state index in [0.29, 0.717) is 0 Å². The average Bonchev–Trinajstić information content (AvgIpc) is 3.09. The van der Waals surface area contributed by atoms with Crippen LogP contribution in [0.5, 0.6) is 0 Å². The molecule has 0 N–H and O–H groups in total. The van der Waals surface area contributed by atoms with Gasteiger partial charge in [0, 0.05) is 18.6 Å². The summed E-state index contributed by atoms with van der Waals surface area (Å²) >= 11 is 0. The Morgan fingerprint density at radius 3 is 2.10 bits per heavy atom. The number of halogens is 3. The second kappa shape index (κ2) is 8.26. The van der Waals surface area contributed by atoms with Crippen molar-refractivity contribution in [3.05, 3.63) is 66.3 Å². The van der Waals surface area contributed by atoms with Crippen LogP contribution in [0.2, 0.25) is 0 Å². The van der Waals surface area contributed by atoms with Crippen LogP contribution in [-0.2, 0) is 29.7 Å². The molecule has 1 aromatic rings. The third-order valence-electron chi connectivity index (χ3n) is 4.49. The highest BCUT2D eigenvalue weighted by Crippen LogP contribution is 2.45. The van der Waals surface area contributed by atoms with Gasteiger partial charge in [-0.3, -0.25) is 0 Å². The maximum atomic E-state index is 13.9. The number of rotatable bonds is 6. The third kappa shape index (κ3) is 4.30. The van der Waals surface area contributed by atoms with Crippen LogP contribution in [0.4, 0.5) is 13.2 Å². The Kier molecular flexibility index (Phi) is 6.74. The predicted molar refractivity (Wildman–Crippen MR) is 100 cm³/mol. The summed E-state index contributed by atoms with van der Waals surface area (Å²) < 4.78 is 75.4. The van der Waals surface area contributed by atoms with Gasteiger partial charge in [0.05, 0.1) is 11.4 Å². The zero-order chi connectivity index (χ0) is 22.1. The zero-order valence-corrected chi connectivity index (χ0v) is 17.2. The monoisotopic (exact) mass is 431 g/mol. The van der Waals surface area contributed by atoms with E-state index in [1.165, 1.54) is 58.2 Å². The average molecular weight is 431 g/mol. The number of carbonyl (C=O) groups excluding carboxylic acids is 1. The molecule has 159 valence electrons. The smallest absolute Gasteiger partial charge is 0.432 e. The van der Waals surface area contributed by atoms with E-state index in [-0.39, 0.29) is 11.2 Å². The summed E-state index contributed by atoms with van der Waals surface area (Å²) in [5, 5.41) is -0.0902. The van der Waals surface area contributed by atoms with Crippen LogP contribution in [0.15, 0.2) is 30.3 Å². The van der Waals surface area contributed by atoms with Crippen LogP contribution >= 0.6 is 0 Å². The molecule has 1 aromatic carbocycles. The van der Waals surface area contributed by atoms with Gasteiger partial charge in [0.2, 0.25) is 0 Å². The number of methoxy groups -OCH3 is 1. The lowest BCUT2D eigenvalue weighted by Crippen LogP contribution is -2.52. The van der Waals surface area contributed by atoms with Gasteiger partial charge in [-0.1, -0.05) is 30.3 Å². The molecule has 0 spiro atoms. The van der Waals surface area contributed by atoms with Crippen molar-refractivity contribution in [1.82, 2.24) is 0 Å². The Morgan fingerprint density at radius 1 is 1.03 bits per heavy atom. The summed E-state index contributed by atoms with van der Waals surface area (Å²) in [5.74, 6) is -1.59. The molecular formula is C20H22F3O5S. The lowest BCUT2D eigenvalue weighted by atomic mass is 9.92. The molecule has 0 aliphatic heterocycles. The van der Waals surface area contributed by atoms with E-state index in [4.69, 9.17) is 4.74 Å². The first-order valence-electron chi connectivity index (χ1n) is 8.63. The molecule has 2 rings (SSSR count). The van der Waals surface area contributed by atoms with Crippen LogP contribution in [0, 0.1) is 30.4 Å². The number of hydrogen-bond acceptors (Lipinski definition) is 5. The summed E-state index contributed by atoms with van der Waals surface area (Å²) in [6.45, 7) is 3.85. The number of esters is 1. The van der Waals surface area contributed by atoms with Gasteiger partial charge in [0.15, 0.2) is 9.84 Å². The minimum Gasteiger partial charge on any atom is -0.462 e. The second-order valence-corrected chi connectivity index (χ2v) is 10.0. The normalized spacial score (nSPS) is 19.1. The Labute approximate surface area is 169 Å². The molecule has 0 bridgehead atoms. The van der Waals surface area contributed by atoms with E-state index < -0.39 is 44.5 Å². The molecule has 1 aliphatic rings. The molecule has 29 heavy (non-hydrogen) atoms. The number of carbonyl (C=O) groups is 1. The molecule has 9 heteroatoms. The minimum absolute atomic E-state index is 0.0902.